The van der Waals surface area contributed by atoms with Crippen LogP contribution in [0.25, 0.3) is 0 Å². The smallest absolute Gasteiger partial charge is 0.172 e. The second-order valence-electron chi connectivity index (χ2n) is 8.71. The molecule has 2 unspecified atom stereocenters. The first-order chi connectivity index (χ1) is 12.4. The lowest BCUT2D eigenvalue weighted by molar-refractivity contribution is 0.0696. The third-order valence-corrected chi connectivity index (χ3v) is 6.15. The van der Waals surface area contributed by atoms with Gasteiger partial charge in [-0.1, -0.05) is 75.4 Å². The highest BCUT2D eigenvalue weighted by Gasteiger charge is 2.46. The van der Waals surface area contributed by atoms with E-state index < -0.39 is 14.6 Å². The van der Waals surface area contributed by atoms with Crippen molar-refractivity contribution in [3.63, 3.8) is 0 Å². The Labute approximate surface area is 160 Å². The summed E-state index contributed by atoms with van der Waals surface area (Å²) in [6, 6.07) is 20.1. The lowest BCUT2D eigenvalue weighted by Gasteiger charge is -2.44. The molecule has 0 amide bonds. The van der Waals surface area contributed by atoms with E-state index in [1.54, 1.807) is 0 Å². The highest BCUT2D eigenvalue weighted by Crippen LogP contribution is 2.44. The Balaban J connectivity index is 2.30. The zero-order valence-corrected chi connectivity index (χ0v) is 18.0. The predicted octanol–water partition coefficient (Wildman–Crippen LogP) is 4.98. The van der Waals surface area contributed by atoms with E-state index in [4.69, 9.17) is 4.43 Å². The Morgan fingerprint density at radius 1 is 0.923 bits per heavy atom. The lowest BCUT2D eigenvalue weighted by Crippen LogP contribution is -2.51. The molecule has 2 nitrogen and oxygen atoms in total. The van der Waals surface area contributed by atoms with Gasteiger partial charge in [0.25, 0.3) is 0 Å². The van der Waals surface area contributed by atoms with Crippen molar-refractivity contribution in [2.45, 2.75) is 63.8 Å². The van der Waals surface area contributed by atoms with Crippen molar-refractivity contribution in [3.8, 4) is 0 Å². The molecule has 3 heteroatoms. The molecule has 1 fully saturated rings. The van der Waals surface area contributed by atoms with Crippen LogP contribution >= 0.6 is 0 Å². The van der Waals surface area contributed by atoms with Gasteiger partial charge in [0.2, 0.25) is 0 Å². The van der Waals surface area contributed by atoms with Crippen LogP contribution in [0.15, 0.2) is 54.6 Å². The molecular weight excluding hydrogens is 334 g/mol. The molecule has 0 aliphatic carbocycles. The van der Waals surface area contributed by atoms with Gasteiger partial charge in [0.05, 0.1) is 0 Å². The van der Waals surface area contributed by atoms with Crippen molar-refractivity contribution in [2.75, 3.05) is 6.54 Å². The summed E-state index contributed by atoms with van der Waals surface area (Å²) in [5, 5.41) is 3.78. The molecule has 26 heavy (non-hydrogen) atoms. The fourth-order valence-electron chi connectivity index (χ4n) is 4.31. The molecule has 140 valence electrons. The number of benzene rings is 2. The predicted molar refractivity (Wildman–Crippen MR) is 113 cm³/mol. The van der Waals surface area contributed by atoms with Gasteiger partial charge in [-0.3, -0.25) is 0 Å². The molecule has 1 aliphatic rings. The second-order valence-corrected chi connectivity index (χ2v) is 11.0. The van der Waals surface area contributed by atoms with E-state index in [-0.39, 0.29) is 5.41 Å². The number of rotatable bonds is 5. The average molecular weight is 368 g/mol. The van der Waals surface area contributed by atoms with Crippen molar-refractivity contribution in [3.05, 3.63) is 71.3 Å². The largest absolute Gasteiger partial charge is 0.406 e. The van der Waals surface area contributed by atoms with Crippen molar-refractivity contribution >= 4 is 9.04 Å². The van der Waals surface area contributed by atoms with Crippen LogP contribution in [0.4, 0.5) is 0 Å². The van der Waals surface area contributed by atoms with Crippen LogP contribution in [0, 0.1) is 0 Å². The molecule has 2 atom stereocenters. The number of hydrogen-bond donors (Lipinski definition) is 1. The van der Waals surface area contributed by atoms with Gasteiger partial charge in [-0.25, -0.2) is 0 Å². The molecule has 0 aromatic heterocycles. The summed E-state index contributed by atoms with van der Waals surface area (Å²) in [6.45, 7) is 12.5. The minimum absolute atomic E-state index is 0.0666. The molecule has 1 heterocycles. The summed E-state index contributed by atoms with van der Waals surface area (Å²) < 4.78 is 7.01. The maximum Gasteiger partial charge on any atom is 0.172 e. The normalized spacial score (nSPS) is 20.3. The Kier molecular flexibility index (Phi) is 5.71. The Hall–Kier alpha value is -1.42. The molecule has 0 saturated carbocycles. The Morgan fingerprint density at radius 2 is 1.54 bits per heavy atom. The van der Waals surface area contributed by atoms with E-state index in [2.05, 4.69) is 93.8 Å². The molecule has 0 radical (unpaired) electrons. The summed E-state index contributed by atoms with van der Waals surface area (Å²) in [7, 11) is -1.31. The quantitative estimate of drug-likeness (QED) is 0.753. The van der Waals surface area contributed by atoms with Crippen LogP contribution in [0.5, 0.6) is 0 Å². The van der Waals surface area contributed by atoms with E-state index in [0.717, 1.165) is 13.0 Å². The topological polar surface area (TPSA) is 21.3 Å². The third kappa shape index (κ3) is 3.66. The molecule has 0 spiro atoms. The molecule has 2 aromatic rings. The summed E-state index contributed by atoms with van der Waals surface area (Å²) in [6.07, 6.45) is 2.36. The highest BCUT2D eigenvalue weighted by molar-refractivity contribution is 6.48. The van der Waals surface area contributed by atoms with Crippen LogP contribution < -0.4 is 5.32 Å². The summed E-state index contributed by atoms with van der Waals surface area (Å²) in [4.78, 5) is 0. The van der Waals surface area contributed by atoms with Crippen molar-refractivity contribution in [1.29, 1.82) is 0 Å². The number of nitrogens with one attached hydrogen (secondary N) is 1. The zero-order valence-electron chi connectivity index (χ0n) is 16.9. The molecule has 3 rings (SSSR count). The van der Waals surface area contributed by atoms with Gasteiger partial charge in [-0.15, -0.1) is 0 Å². The average Bonchev–Trinajstić information content (AvgIpc) is 3.14. The molecule has 0 bridgehead atoms. The van der Waals surface area contributed by atoms with Crippen LogP contribution in [-0.2, 0) is 15.4 Å². The Morgan fingerprint density at radius 3 is 2.08 bits per heavy atom. The zero-order chi connectivity index (χ0) is 18.8. The molecule has 1 aliphatic heterocycles. The fraction of sp³-hybridized carbons (Fsp3) is 0.478. The highest BCUT2D eigenvalue weighted by atomic mass is 28.3. The molecule has 1 saturated heterocycles. The second kappa shape index (κ2) is 7.67. The first-order valence-corrected chi connectivity index (χ1v) is 12.7. The fourth-order valence-corrected chi connectivity index (χ4v) is 5.48. The van der Waals surface area contributed by atoms with Crippen molar-refractivity contribution < 1.29 is 4.43 Å². The van der Waals surface area contributed by atoms with Gasteiger partial charge >= 0.3 is 0 Å². The van der Waals surface area contributed by atoms with E-state index in [1.807, 2.05) is 0 Å². The Bertz CT molecular complexity index is 716. The summed E-state index contributed by atoms with van der Waals surface area (Å²) >= 11 is 0. The molecule has 2 aromatic carbocycles. The van der Waals surface area contributed by atoms with Gasteiger partial charge in [-0.05, 0) is 54.6 Å². The third-order valence-electron chi connectivity index (χ3n) is 5.31. The van der Waals surface area contributed by atoms with Gasteiger partial charge < -0.3 is 9.74 Å². The van der Waals surface area contributed by atoms with Crippen molar-refractivity contribution in [2.24, 2.45) is 0 Å². The van der Waals surface area contributed by atoms with Gasteiger partial charge in [-0.2, -0.15) is 0 Å². The standard InChI is InChI=1S/C23H33NOSi/c1-22(2,3)19-14-9-10-15-20(19)23(25-26(4)5,21-16-11-17-24-21)18-12-7-6-8-13-18/h6-10,12-15,21,24,26H,11,16-17H2,1-5H3. The van der Waals surface area contributed by atoms with Gasteiger partial charge in [0.1, 0.15) is 5.60 Å². The summed E-state index contributed by atoms with van der Waals surface area (Å²) in [5.41, 5.74) is 3.64. The van der Waals surface area contributed by atoms with E-state index in [1.165, 1.54) is 23.1 Å². The van der Waals surface area contributed by atoms with Crippen LogP contribution in [0.3, 0.4) is 0 Å². The van der Waals surface area contributed by atoms with Crippen molar-refractivity contribution in [1.82, 2.24) is 5.32 Å². The van der Waals surface area contributed by atoms with Crippen LogP contribution in [0.1, 0.15) is 50.3 Å². The van der Waals surface area contributed by atoms with Gasteiger partial charge in [0, 0.05) is 6.04 Å². The maximum atomic E-state index is 7.01. The first kappa shape index (κ1) is 19.3. The van der Waals surface area contributed by atoms with E-state index in [0.29, 0.717) is 6.04 Å². The van der Waals surface area contributed by atoms with Gasteiger partial charge in [0.15, 0.2) is 9.04 Å². The minimum atomic E-state index is -1.31. The molecular formula is C23H33NOSi. The molecule has 1 N–H and O–H groups in total. The summed E-state index contributed by atoms with van der Waals surface area (Å²) in [5.74, 6) is 0. The number of hydrogen-bond acceptors (Lipinski definition) is 2. The first-order valence-electron chi connectivity index (χ1n) is 9.92. The SMILES string of the molecule is C[SiH](C)OC(c1ccccc1)(c1ccccc1C(C)(C)C)C1CCCN1. The monoisotopic (exact) mass is 367 g/mol. The van der Waals surface area contributed by atoms with Crippen LogP contribution in [-0.4, -0.2) is 21.6 Å². The lowest BCUT2D eigenvalue weighted by atomic mass is 9.72. The van der Waals surface area contributed by atoms with E-state index >= 15 is 0 Å². The van der Waals surface area contributed by atoms with Crippen LogP contribution in [0.2, 0.25) is 13.1 Å². The maximum absolute atomic E-state index is 7.01. The minimum Gasteiger partial charge on any atom is -0.406 e. The van der Waals surface area contributed by atoms with E-state index in [9.17, 15) is 0 Å².